The molecule has 0 heterocycles. The molecule has 0 aliphatic carbocycles. The lowest BCUT2D eigenvalue weighted by Crippen LogP contribution is -2.30. The van der Waals surface area contributed by atoms with Crippen molar-refractivity contribution in [1.29, 1.82) is 0 Å². The van der Waals surface area contributed by atoms with E-state index >= 15 is 0 Å². The van der Waals surface area contributed by atoms with Crippen LogP contribution in [0.1, 0.15) is 18.5 Å². The summed E-state index contributed by atoms with van der Waals surface area (Å²) in [7, 11) is 0. The number of amides is 1. The Labute approximate surface area is 138 Å². The molecule has 0 aliphatic heterocycles. The zero-order valence-corrected chi connectivity index (χ0v) is 13.4. The maximum absolute atomic E-state index is 12.9. The van der Waals surface area contributed by atoms with Gasteiger partial charge in [-0.15, -0.1) is 0 Å². The Balaban J connectivity index is 1.88. The molecule has 6 heteroatoms. The topological polar surface area (TPSA) is 41.1 Å². The van der Waals surface area contributed by atoms with E-state index in [0.717, 1.165) is 11.6 Å². The van der Waals surface area contributed by atoms with Gasteiger partial charge in [0, 0.05) is 11.1 Å². The molecule has 1 amide bonds. The first-order valence-electron chi connectivity index (χ1n) is 6.69. The number of carbonyl (C=O) groups is 1. The van der Waals surface area contributed by atoms with Crippen LogP contribution in [-0.4, -0.2) is 12.5 Å². The second-order valence-corrected chi connectivity index (χ2v) is 5.67. The summed E-state index contributed by atoms with van der Waals surface area (Å²) in [6.45, 7) is 2.05. The monoisotopic (exact) mass is 340 g/mol. The molecule has 2 aromatic rings. The maximum Gasteiger partial charge on any atom is 0.238 e. The highest BCUT2D eigenvalue weighted by Gasteiger charge is 2.10. The van der Waals surface area contributed by atoms with Gasteiger partial charge in [0.1, 0.15) is 5.82 Å². The van der Waals surface area contributed by atoms with Crippen molar-refractivity contribution in [2.45, 2.75) is 13.0 Å². The van der Waals surface area contributed by atoms with Crippen LogP contribution in [-0.2, 0) is 4.79 Å². The first-order valence-corrected chi connectivity index (χ1v) is 7.45. The Morgan fingerprint density at radius 1 is 1.18 bits per heavy atom. The fourth-order valence-corrected chi connectivity index (χ4v) is 2.24. The molecule has 0 saturated heterocycles. The summed E-state index contributed by atoms with van der Waals surface area (Å²) in [6, 6.07) is 11.2. The minimum Gasteiger partial charge on any atom is -0.324 e. The SMILES string of the molecule is C[C@H](NCC(=O)Nc1ccc(F)cc1Cl)c1ccc(Cl)cc1. The van der Waals surface area contributed by atoms with Gasteiger partial charge in [-0.3, -0.25) is 4.79 Å². The predicted octanol–water partition coefficient (Wildman–Crippen LogP) is 4.42. The number of halogens is 3. The Morgan fingerprint density at radius 2 is 1.86 bits per heavy atom. The zero-order valence-electron chi connectivity index (χ0n) is 11.9. The first-order chi connectivity index (χ1) is 10.5. The maximum atomic E-state index is 12.9. The van der Waals surface area contributed by atoms with Gasteiger partial charge in [-0.05, 0) is 42.8 Å². The van der Waals surface area contributed by atoms with Crippen molar-refractivity contribution in [2.75, 3.05) is 11.9 Å². The van der Waals surface area contributed by atoms with Gasteiger partial charge in [0.05, 0.1) is 17.3 Å². The summed E-state index contributed by atoms with van der Waals surface area (Å²) in [6.07, 6.45) is 0. The molecule has 0 fully saturated rings. The largest absolute Gasteiger partial charge is 0.324 e. The molecule has 2 rings (SSSR count). The van der Waals surface area contributed by atoms with Crippen molar-refractivity contribution < 1.29 is 9.18 Å². The normalized spacial score (nSPS) is 12.0. The van der Waals surface area contributed by atoms with E-state index in [2.05, 4.69) is 10.6 Å². The van der Waals surface area contributed by atoms with E-state index in [1.807, 2.05) is 19.1 Å². The number of hydrogen-bond donors (Lipinski definition) is 2. The Morgan fingerprint density at radius 3 is 2.50 bits per heavy atom. The highest BCUT2D eigenvalue weighted by Crippen LogP contribution is 2.22. The van der Waals surface area contributed by atoms with E-state index in [1.54, 1.807) is 12.1 Å². The van der Waals surface area contributed by atoms with Crippen LogP contribution in [0.3, 0.4) is 0 Å². The molecule has 0 radical (unpaired) electrons. The van der Waals surface area contributed by atoms with E-state index in [0.29, 0.717) is 10.7 Å². The van der Waals surface area contributed by atoms with Crippen LogP contribution in [0, 0.1) is 5.82 Å². The van der Waals surface area contributed by atoms with Crippen molar-refractivity contribution in [3.8, 4) is 0 Å². The molecule has 0 bridgehead atoms. The standard InChI is InChI=1S/C16H15Cl2FN2O/c1-10(11-2-4-12(17)5-3-11)20-9-16(22)21-15-7-6-13(19)8-14(15)18/h2-8,10,20H,9H2,1H3,(H,21,22)/t10-/m0/s1. The molecule has 0 aliphatic rings. The van der Waals surface area contributed by atoms with E-state index < -0.39 is 5.82 Å². The third-order valence-electron chi connectivity index (χ3n) is 3.14. The highest BCUT2D eigenvalue weighted by molar-refractivity contribution is 6.33. The lowest BCUT2D eigenvalue weighted by Gasteiger charge is -2.14. The van der Waals surface area contributed by atoms with Crippen LogP contribution in [0.25, 0.3) is 0 Å². The van der Waals surface area contributed by atoms with Gasteiger partial charge in [-0.2, -0.15) is 0 Å². The van der Waals surface area contributed by atoms with Crippen molar-refractivity contribution in [1.82, 2.24) is 5.32 Å². The number of anilines is 1. The molecule has 0 saturated carbocycles. The quantitative estimate of drug-likeness (QED) is 0.845. The number of rotatable bonds is 5. The van der Waals surface area contributed by atoms with E-state index in [4.69, 9.17) is 23.2 Å². The fourth-order valence-electron chi connectivity index (χ4n) is 1.90. The van der Waals surface area contributed by atoms with Crippen molar-refractivity contribution in [3.05, 3.63) is 63.9 Å². The summed E-state index contributed by atoms with van der Waals surface area (Å²) >= 11 is 11.7. The molecule has 116 valence electrons. The molecule has 0 spiro atoms. The highest BCUT2D eigenvalue weighted by atomic mass is 35.5. The van der Waals surface area contributed by atoms with Crippen LogP contribution < -0.4 is 10.6 Å². The van der Waals surface area contributed by atoms with Crippen LogP contribution in [0.15, 0.2) is 42.5 Å². The molecule has 2 aromatic carbocycles. The minimum atomic E-state index is -0.447. The minimum absolute atomic E-state index is 0.00768. The summed E-state index contributed by atoms with van der Waals surface area (Å²) in [5.41, 5.74) is 1.41. The predicted molar refractivity (Wildman–Crippen MR) is 87.9 cm³/mol. The van der Waals surface area contributed by atoms with Crippen LogP contribution in [0.5, 0.6) is 0 Å². The molecule has 3 nitrogen and oxygen atoms in total. The number of hydrogen-bond acceptors (Lipinski definition) is 2. The molecule has 22 heavy (non-hydrogen) atoms. The first kappa shape index (κ1) is 16.7. The Bertz CT molecular complexity index is 662. The van der Waals surface area contributed by atoms with Crippen molar-refractivity contribution >= 4 is 34.8 Å². The average molecular weight is 341 g/mol. The third kappa shape index (κ3) is 4.70. The molecule has 1 atom stereocenters. The molecular formula is C16H15Cl2FN2O. The molecule has 0 unspecified atom stereocenters. The zero-order chi connectivity index (χ0) is 16.1. The van der Waals surface area contributed by atoms with Gasteiger partial charge in [0.25, 0.3) is 0 Å². The molecular weight excluding hydrogens is 326 g/mol. The lowest BCUT2D eigenvalue weighted by molar-refractivity contribution is -0.115. The van der Waals surface area contributed by atoms with Gasteiger partial charge in [-0.25, -0.2) is 4.39 Å². The number of benzene rings is 2. The summed E-state index contributed by atoms with van der Waals surface area (Å²) in [5.74, 6) is -0.702. The Kier molecular flexibility index (Phi) is 5.77. The smallest absolute Gasteiger partial charge is 0.238 e. The number of nitrogens with one attached hydrogen (secondary N) is 2. The van der Waals surface area contributed by atoms with Gasteiger partial charge in [0.15, 0.2) is 0 Å². The molecule has 2 N–H and O–H groups in total. The van der Waals surface area contributed by atoms with Crippen molar-refractivity contribution in [3.63, 3.8) is 0 Å². The average Bonchev–Trinajstić information content (AvgIpc) is 2.48. The van der Waals surface area contributed by atoms with Crippen LogP contribution >= 0.6 is 23.2 Å². The van der Waals surface area contributed by atoms with Crippen molar-refractivity contribution in [2.24, 2.45) is 0 Å². The van der Waals surface area contributed by atoms with Crippen LogP contribution in [0.4, 0.5) is 10.1 Å². The second-order valence-electron chi connectivity index (χ2n) is 4.83. The fraction of sp³-hybridized carbons (Fsp3) is 0.188. The number of carbonyl (C=O) groups excluding carboxylic acids is 1. The second kappa shape index (κ2) is 7.58. The summed E-state index contributed by atoms with van der Waals surface area (Å²) in [5, 5.41) is 6.56. The Hall–Kier alpha value is -1.62. The van der Waals surface area contributed by atoms with E-state index in [1.165, 1.54) is 12.1 Å². The van der Waals surface area contributed by atoms with Gasteiger partial charge < -0.3 is 10.6 Å². The van der Waals surface area contributed by atoms with Gasteiger partial charge in [0.2, 0.25) is 5.91 Å². The van der Waals surface area contributed by atoms with Gasteiger partial charge in [-0.1, -0.05) is 35.3 Å². The summed E-state index contributed by atoms with van der Waals surface area (Å²) in [4.78, 5) is 11.9. The summed E-state index contributed by atoms with van der Waals surface area (Å²) < 4.78 is 12.9. The third-order valence-corrected chi connectivity index (χ3v) is 3.71. The van der Waals surface area contributed by atoms with E-state index in [9.17, 15) is 9.18 Å². The lowest BCUT2D eigenvalue weighted by atomic mass is 10.1. The van der Waals surface area contributed by atoms with Gasteiger partial charge >= 0.3 is 0 Å². The van der Waals surface area contributed by atoms with Crippen LogP contribution in [0.2, 0.25) is 10.0 Å². The molecule has 0 aromatic heterocycles. The van der Waals surface area contributed by atoms with E-state index in [-0.39, 0.29) is 23.5 Å².